The minimum atomic E-state index is -0.951. The van der Waals surface area contributed by atoms with Crippen LogP contribution in [0.5, 0.6) is 0 Å². The van der Waals surface area contributed by atoms with Gasteiger partial charge in [0.25, 0.3) is 0 Å². The highest BCUT2D eigenvalue weighted by atomic mass is 16.6. The van der Waals surface area contributed by atoms with E-state index in [1.165, 1.54) is 4.90 Å². The van der Waals surface area contributed by atoms with Gasteiger partial charge in [0.2, 0.25) is 17.7 Å². The van der Waals surface area contributed by atoms with Crippen molar-refractivity contribution in [3.8, 4) is 0 Å². The van der Waals surface area contributed by atoms with Crippen LogP contribution in [0.4, 0.5) is 4.79 Å². The molecule has 10 heteroatoms. The van der Waals surface area contributed by atoms with Crippen LogP contribution in [0.1, 0.15) is 75.6 Å². The second kappa shape index (κ2) is 16.3. The Labute approximate surface area is 295 Å². The minimum Gasteiger partial charge on any atom is -0.444 e. The lowest BCUT2D eigenvalue weighted by Crippen LogP contribution is -2.59. The third-order valence-electron chi connectivity index (χ3n) is 9.78. The summed E-state index contributed by atoms with van der Waals surface area (Å²) in [5, 5.41) is 6.31. The molecule has 3 aromatic carbocycles. The number of ether oxygens (including phenoxy) is 1. The molecule has 4 amide bonds. The number of fused-ring (bicyclic) bond motifs is 1. The Hall–Kier alpha value is -4.70. The Morgan fingerprint density at radius 2 is 1.44 bits per heavy atom. The first-order valence-electron chi connectivity index (χ1n) is 17.7. The van der Waals surface area contributed by atoms with Crippen LogP contribution in [0.2, 0.25) is 0 Å². The summed E-state index contributed by atoms with van der Waals surface area (Å²) in [7, 11) is 1.54. The summed E-state index contributed by atoms with van der Waals surface area (Å²) in [5.41, 5.74) is 8.02. The number of carbonyl (C=O) groups excluding carboxylic acids is 4. The van der Waals surface area contributed by atoms with E-state index in [4.69, 9.17) is 10.5 Å². The fourth-order valence-electron chi connectivity index (χ4n) is 7.24. The summed E-state index contributed by atoms with van der Waals surface area (Å²) in [6.45, 7) is 5.66. The third kappa shape index (κ3) is 8.90. The highest BCUT2D eigenvalue weighted by molar-refractivity contribution is 5.95. The van der Waals surface area contributed by atoms with E-state index >= 15 is 0 Å². The number of benzene rings is 3. The molecule has 2 aliphatic heterocycles. The molecule has 0 saturated carbocycles. The Morgan fingerprint density at radius 1 is 0.880 bits per heavy atom. The number of rotatable bonds is 11. The number of carbonyl (C=O) groups is 4. The van der Waals surface area contributed by atoms with Gasteiger partial charge in [-0.25, -0.2) is 4.79 Å². The van der Waals surface area contributed by atoms with Gasteiger partial charge in [0, 0.05) is 19.5 Å². The average molecular weight is 682 g/mol. The molecule has 50 heavy (non-hydrogen) atoms. The molecular formula is C40H51N5O5. The zero-order valence-electron chi connectivity index (χ0n) is 29.6. The Bertz CT molecular complexity index is 1560. The summed E-state index contributed by atoms with van der Waals surface area (Å²) in [6.07, 6.45) is 2.72. The molecule has 0 unspecified atom stereocenters. The first-order chi connectivity index (χ1) is 24.0. The number of hydrogen-bond acceptors (Lipinski definition) is 6. The lowest BCUT2D eigenvalue weighted by Gasteiger charge is -2.35. The van der Waals surface area contributed by atoms with Crippen LogP contribution in [-0.2, 0) is 25.5 Å². The largest absolute Gasteiger partial charge is 0.444 e. The van der Waals surface area contributed by atoms with E-state index in [9.17, 15) is 19.2 Å². The monoisotopic (exact) mass is 681 g/mol. The van der Waals surface area contributed by atoms with E-state index in [1.807, 2.05) is 91.0 Å². The second-order valence-electron chi connectivity index (χ2n) is 14.5. The average Bonchev–Trinajstić information content (AvgIpc) is 3.49. The van der Waals surface area contributed by atoms with E-state index in [0.717, 1.165) is 16.7 Å². The minimum absolute atomic E-state index is 0.128. The zero-order valence-corrected chi connectivity index (χ0v) is 29.6. The molecule has 5 atom stereocenters. The van der Waals surface area contributed by atoms with E-state index < -0.39 is 41.8 Å². The van der Waals surface area contributed by atoms with Gasteiger partial charge in [0.15, 0.2) is 0 Å². The van der Waals surface area contributed by atoms with Gasteiger partial charge in [-0.05, 0) is 82.0 Å². The molecule has 3 aromatic rings. The molecule has 2 fully saturated rings. The van der Waals surface area contributed by atoms with Crippen molar-refractivity contribution in [1.29, 1.82) is 0 Å². The summed E-state index contributed by atoms with van der Waals surface area (Å²) in [5.74, 6) is -1.20. The fourth-order valence-corrected chi connectivity index (χ4v) is 7.24. The fraction of sp³-hybridized carbons (Fsp3) is 0.450. The Balaban J connectivity index is 1.41. The molecule has 10 nitrogen and oxygen atoms in total. The van der Waals surface area contributed by atoms with Crippen molar-refractivity contribution in [3.63, 3.8) is 0 Å². The van der Waals surface area contributed by atoms with E-state index in [2.05, 4.69) is 10.6 Å². The van der Waals surface area contributed by atoms with Crippen molar-refractivity contribution in [3.05, 3.63) is 108 Å². The van der Waals surface area contributed by atoms with Crippen LogP contribution < -0.4 is 16.4 Å². The molecule has 2 aliphatic rings. The number of nitrogens with one attached hydrogen (secondary N) is 2. The molecule has 0 aliphatic carbocycles. The number of nitrogens with two attached hydrogens (primary N) is 1. The van der Waals surface area contributed by atoms with E-state index in [-0.39, 0.29) is 30.2 Å². The normalized spacial score (nSPS) is 21.2. The standard InChI is InChI=1S/C40H51N5O5/c1-40(2,3)50-39(49)44(4)33(26-27-14-8-5-9-15-27)37(47)43-35-30(24-25-41)20-21-31-22-23-32(45(31)38(35)48)36(46)42-34(28-16-10-6-11-17-28)29-18-12-7-13-19-29/h5-19,30-35H,20-26,41H2,1-4H3,(H,42,46)(H,43,47)/t30-,31+,32+,33-,35+/m1/s1. The Morgan fingerprint density at radius 3 is 2.00 bits per heavy atom. The zero-order chi connectivity index (χ0) is 35.8. The summed E-state index contributed by atoms with van der Waals surface area (Å²) < 4.78 is 5.62. The van der Waals surface area contributed by atoms with E-state index in [1.54, 1.807) is 32.7 Å². The lowest BCUT2D eigenvalue weighted by atomic mass is 9.90. The first kappa shape index (κ1) is 36.6. The summed E-state index contributed by atoms with van der Waals surface area (Å²) in [6, 6.07) is 25.9. The number of amides is 4. The van der Waals surface area contributed by atoms with Crippen LogP contribution >= 0.6 is 0 Å². The van der Waals surface area contributed by atoms with Crippen molar-refractivity contribution in [2.75, 3.05) is 13.6 Å². The van der Waals surface area contributed by atoms with Crippen LogP contribution in [0.3, 0.4) is 0 Å². The number of nitrogens with zero attached hydrogens (tertiary/aromatic N) is 2. The molecule has 2 heterocycles. The van der Waals surface area contributed by atoms with Crippen LogP contribution in [-0.4, -0.2) is 77.0 Å². The maximum atomic E-state index is 14.6. The van der Waals surface area contributed by atoms with Gasteiger partial charge in [-0.15, -0.1) is 0 Å². The lowest BCUT2D eigenvalue weighted by molar-refractivity contribution is -0.144. The van der Waals surface area contributed by atoms with Crippen molar-refractivity contribution >= 4 is 23.8 Å². The van der Waals surface area contributed by atoms with Crippen LogP contribution in [0.15, 0.2) is 91.0 Å². The van der Waals surface area contributed by atoms with Crippen molar-refractivity contribution in [2.24, 2.45) is 11.7 Å². The predicted octanol–water partition coefficient (Wildman–Crippen LogP) is 4.97. The van der Waals surface area contributed by atoms with Gasteiger partial charge in [0.1, 0.15) is 23.7 Å². The Kier molecular flexibility index (Phi) is 12.0. The highest BCUT2D eigenvalue weighted by Crippen LogP contribution is 2.36. The SMILES string of the molecule is CN(C(=O)OC(C)(C)C)[C@H](Cc1ccccc1)C(=O)N[C@@H]1C(=O)N2[C@@H](CC[C@@H]1CCN)CC[C@H]2C(=O)NC(c1ccccc1)c1ccccc1. The van der Waals surface area contributed by atoms with Crippen molar-refractivity contribution < 1.29 is 23.9 Å². The molecule has 4 N–H and O–H groups in total. The molecule has 5 rings (SSSR count). The van der Waals surface area contributed by atoms with Crippen molar-refractivity contribution in [1.82, 2.24) is 20.4 Å². The molecule has 0 radical (unpaired) electrons. The topological polar surface area (TPSA) is 134 Å². The molecule has 0 aromatic heterocycles. The van der Waals surface area contributed by atoms with Gasteiger partial charge >= 0.3 is 6.09 Å². The summed E-state index contributed by atoms with van der Waals surface area (Å²) in [4.78, 5) is 59.3. The second-order valence-corrected chi connectivity index (χ2v) is 14.5. The van der Waals surface area contributed by atoms with Crippen LogP contribution in [0, 0.1) is 5.92 Å². The molecule has 266 valence electrons. The van der Waals surface area contributed by atoms with Crippen LogP contribution in [0.25, 0.3) is 0 Å². The van der Waals surface area contributed by atoms with Gasteiger partial charge in [-0.2, -0.15) is 0 Å². The van der Waals surface area contributed by atoms with Gasteiger partial charge < -0.3 is 26.0 Å². The highest BCUT2D eigenvalue weighted by Gasteiger charge is 2.48. The predicted molar refractivity (Wildman–Crippen MR) is 193 cm³/mol. The van der Waals surface area contributed by atoms with Gasteiger partial charge in [-0.1, -0.05) is 91.0 Å². The maximum absolute atomic E-state index is 14.6. The number of hydrogen-bond donors (Lipinski definition) is 3. The number of likely N-dealkylation sites (N-methyl/N-ethyl adjacent to an activating group) is 1. The molecular weight excluding hydrogens is 630 g/mol. The molecule has 2 saturated heterocycles. The van der Waals surface area contributed by atoms with E-state index in [0.29, 0.717) is 38.6 Å². The summed E-state index contributed by atoms with van der Waals surface area (Å²) >= 11 is 0. The quantitative estimate of drug-likeness (QED) is 0.262. The van der Waals surface area contributed by atoms with Crippen molar-refractivity contribution in [2.45, 2.75) is 95.1 Å². The third-order valence-corrected chi connectivity index (χ3v) is 9.78. The van der Waals surface area contributed by atoms with Gasteiger partial charge in [-0.3, -0.25) is 19.3 Å². The first-order valence-corrected chi connectivity index (χ1v) is 17.7. The smallest absolute Gasteiger partial charge is 0.410 e. The van der Waals surface area contributed by atoms with Gasteiger partial charge in [0.05, 0.1) is 6.04 Å². The maximum Gasteiger partial charge on any atom is 0.410 e. The molecule has 0 spiro atoms. The molecule has 0 bridgehead atoms.